The maximum atomic E-state index is 4.57. The van der Waals surface area contributed by atoms with Crippen molar-refractivity contribution >= 4 is 0 Å². The van der Waals surface area contributed by atoms with Crippen molar-refractivity contribution in [2.45, 2.75) is 33.1 Å². The van der Waals surface area contributed by atoms with Crippen LogP contribution in [0.25, 0.3) is 0 Å². The van der Waals surface area contributed by atoms with Gasteiger partial charge in [0.25, 0.3) is 0 Å². The zero-order valence-electron chi connectivity index (χ0n) is 10.4. The van der Waals surface area contributed by atoms with E-state index in [4.69, 9.17) is 0 Å². The van der Waals surface area contributed by atoms with E-state index >= 15 is 0 Å². The first-order valence-electron chi connectivity index (χ1n) is 5.73. The summed E-state index contributed by atoms with van der Waals surface area (Å²) in [6.45, 7) is 6.16. The van der Waals surface area contributed by atoms with Crippen LogP contribution in [-0.4, -0.2) is 19.9 Å². The molecule has 0 aliphatic carbocycles. The van der Waals surface area contributed by atoms with Gasteiger partial charge in [0.1, 0.15) is 0 Å². The number of aromatic nitrogens is 4. The summed E-state index contributed by atoms with van der Waals surface area (Å²) in [7, 11) is 0. The van der Waals surface area contributed by atoms with Gasteiger partial charge in [0, 0.05) is 31.2 Å². The van der Waals surface area contributed by atoms with Crippen molar-refractivity contribution < 1.29 is 0 Å². The minimum atomic E-state index is 0.394. The molecule has 88 valence electrons. The molecule has 4 heteroatoms. The van der Waals surface area contributed by atoms with Gasteiger partial charge in [0.2, 0.25) is 0 Å². The van der Waals surface area contributed by atoms with Gasteiger partial charge in [-0.3, -0.25) is 19.9 Å². The van der Waals surface area contributed by atoms with Gasteiger partial charge < -0.3 is 0 Å². The van der Waals surface area contributed by atoms with Gasteiger partial charge in [0.15, 0.2) is 0 Å². The molecule has 0 spiro atoms. The Morgan fingerprint density at radius 2 is 1.59 bits per heavy atom. The maximum absolute atomic E-state index is 4.57. The van der Waals surface area contributed by atoms with E-state index < -0.39 is 0 Å². The Labute approximate surface area is 101 Å². The van der Waals surface area contributed by atoms with Crippen molar-refractivity contribution in [3.8, 4) is 0 Å². The van der Waals surface area contributed by atoms with Crippen LogP contribution in [0, 0.1) is 6.92 Å². The topological polar surface area (TPSA) is 51.6 Å². The molecule has 2 aromatic heterocycles. The van der Waals surface area contributed by atoms with E-state index in [1.807, 2.05) is 13.1 Å². The van der Waals surface area contributed by atoms with Crippen molar-refractivity contribution in [2.24, 2.45) is 0 Å². The predicted molar refractivity (Wildman–Crippen MR) is 65.7 cm³/mol. The van der Waals surface area contributed by atoms with Gasteiger partial charge in [-0.1, -0.05) is 13.8 Å². The van der Waals surface area contributed by atoms with E-state index in [0.29, 0.717) is 12.3 Å². The van der Waals surface area contributed by atoms with Crippen molar-refractivity contribution in [1.82, 2.24) is 19.9 Å². The van der Waals surface area contributed by atoms with Crippen LogP contribution in [0.4, 0.5) is 0 Å². The van der Waals surface area contributed by atoms with E-state index in [0.717, 1.165) is 22.8 Å². The minimum absolute atomic E-state index is 0.394. The van der Waals surface area contributed by atoms with Crippen molar-refractivity contribution in [1.29, 1.82) is 0 Å². The van der Waals surface area contributed by atoms with E-state index in [1.165, 1.54) is 0 Å². The average Bonchev–Trinajstić information content (AvgIpc) is 2.29. The summed E-state index contributed by atoms with van der Waals surface area (Å²) in [5.41, 5.74) is 3.81. The molecule has 0 aliphatic rings. The molecule has 2 aromatic rings. The highest BCUT2D eigenvalue weighted by Crippen LogP contribution is 2.11. The number of nitrogens with zero attached hydrogens (tertiary/aromatic N) is 4. The third kappa shape index (κ3) is 3.06. The second kappa shape index (κ2) is 4.99. The molecule has 0 amide bonds. The second-order valence-corrected chi connectivity index (χ2v) is 4.42. The first-order valence-corrected chi connectivity index (χ1v) is 5.73. The molecule has 0 saturated heterocycles. The predicted octanol–water partition coefficient (Wildman–Crippen LogP) is 2.29. The zero-order valence-corrected chi connectivity index (χ0v) is 10.4. The number of hydrogen-bond acceptors (Lipinski definition) is 4. The van der Waals surface area contributed by atoms with Crippen LogP contribution < -0.4 is 0 Å². The van der Waals surface area contributed by atoms with Crippen LogP contribution in [0.15, 0.2) is 24.8 Å². The molecule has 0 N–H and O–H groups in total. The Balaban J connectivity index is 2.21. The highest BCUT2D eigenvalue weighted by Gasteiger charge is 2.05. The largest absolute Gasteiger partial charge is 0.261 e. The average molecular weight is 228 g/mol. The van der Waals surface area contributed by atoms with Gasteiger partial charge in [-0.2, -0.15) is 0 Å². The molecule has 0 fully saturated rings. The summed E-state index contributed by atoms with van der Waals surface area (Å²) in [5.74, 6) is 0.394. The Hall–Kier alpha value is -1.84. The number of hydrogen-bond donors (Lipinski definition) is 0. The lowest BCUT2D eigenvalue weighted by molar-refractivity contribution is 0.792. The molecular formula is C13H16N4. The third-order valence-electron chi connectivity index (χ3n) is 2.46. The van der Waals surface area contributed by atoms with Crippen LogP contribution in [0.2, 0.25) is 0 Å². The Kier molecular flexibility index (Phi) is 3.42. The summed E-state index contributed by atoms with van der Waals surface area (Å²) in [6, 6.07) is 0. The SMILES string of the molecule is Cc1cncc(Cc2cncc(C(C)C)n2)n1. The fraction of sp³-hybridized carbons (Fsp3) is 0.385. The first-order chi connectivity index (χ1) is 8.15. The summed E-state index contributed by atoms with van der Waals surface area (Å²) < 4.78 is 0. The molecular weight excluding hydrogens is 212 g/mol. The lowest BCUT2D eigenvalue weighted by Gasteiger charge is -2.06. The summed E-state index contributed by atoms with van der Waals surface area (Å²) in [5, 5.41) is 0. The fourth-order valence-electron chi connectivity index (χ4n) is 1.57. The quantitative estimate of drug-likeness (QED) is 0.808. The van der Waals surface area contributed by atoms with E-state index in [1.54, 1.807) is 18.6 Å². The third-order valence-corrected chi connectivity index (χ3v) is 2.46. The minimum Gasteiger partial charge on any atom is -0.261 e. The molecule has 0 aliphatic heterocycles. The Morgan fingerprint density at radius 3 is 2.24 bits per heavy atom. The van der Waals surface area contributed by atoms with Gasteiger partial charge in [-0.05, 0) is 12.8 Å². The lowest BCUT2D eigenvalue weighted by Crippen LogP contribution is -2.02. The van der Waals surface area contributed by atoms with E-state index in [-0.39, 0.29) is 0 Å². The van der Waals surface area contributed by atoms with Crippen molar-refractivity contribution in [3.05, 3.63) is 47.6 Å². The maximum Gasteiger partial charge on any atom is 0.0650 e. The van der Waals surface area contributed by atoms with Crippen LogP contribution >= 0.6 is 0 Å². The molecule has 0 atom stereocenters. The smallest absolute Gasteiger partial charge is 0.0650 e. The molecule has 17 heavy (non-hydrogen) atoms. The van der Waals surface area contributed by atoms with Crippen LogP contribution in [0.1, 0.15) is 42.5 Å². The van der Waals surface area contributed by atoms with Crippen molar-refractivity contribution in [2.75, 3.05) is 0 Å². The molecule has 0 aromatic carbocycles. The highest BCUT2D eigenvalue weighted by molar-refractivity contribution is 5.14. The first kappa shape index (κ1) is 11.6. The second-order valence-electron chi connectivity index (χ2n) is 4.42. The zero-order chi connectivity index (χ0) is 12.3. The standard InChI is InChI=1S/C13H16N4/c1-9(2)13-8-15-7-12(17-13)4-11-6-14-5-10(3)16-11/h5-9H,4H2,1-3H3. The fourth-order valence-corrected chi connectivity index (χ4v) is 1.57. The molecule has 2 heterocycles. The Morgan fingerprint density at radius 1 is 0.941 bits per heavy atom. The van der Waals surface area contributed by atoms with Crippen LogP contribution in [0.5, 0.6) is 0 Å². The number of rotatable bonds is 3. The summed E-state index contributed by atoms with van der Waals surface area (Å²) in [4.78, 5) is 17.3. The summed E-state index contributed by atoms with van der Waals surface area (Å²) in [6.07, 6.45) is 7.81. The molecule has 0 unspecified atom stereocenters. The summed E-state index contributed by atoms with van der Waals surface area (Å²) >= 11 is 0. The van der Waals surface area contributed by atoms with Crippen LogP contribution in [-0.2, 0) is 6.42 Å². The molecule has 4 nitrogen and oxygen atoms in total. The van der Waals surface area contributed by atoms with Gasteiger partial charge >= 0.3 is 0 Å². The normalized spacial score (nSPS) is 10.8. The van der Waals surface area contributed by atoms with Crippen LogP contribution in [0.3, 0.4) is 0 Å². The highest BCUT2D eigenvalue weighted by atomic mass is 14.8. The monoisotopic (exact) mass is 228 g/mol. The lowest BCUT2D eigenvalue weighted by atomic mass is 10.1. The molecule has 0 bridgehead atoms. The van der Waals surface area contributed by atoms with Crippen molar-refractivity contribution in [3.63, 3.8) is 0 Å². The van der Waals surface area contributed by atoms with E-state index in [2.05, 4.69) is 33.8 Å². The van der Waals surface area contributed by atoms with E-state index in [9.17, 15) is 0 Å². The Bertz CT molecular complexity index is 508. The van der Waals surface area contributed by atoms with Gasteiger partial charge in [-0.15, -0.1) is 0 Å². The molecule has 0 saturated carbocycles. The van der Waals surface area contributed by atoms with Gasteiger partial charge in [-0.25, -0.2) is 0 Å². The van der Waals surface area contributed by atoms with Gasteiger partial charge in [0.05, 0.1) is 22.8 Å². The molecule has 2 rings (SSSR count). The number of aryl methyl sites for hydroxylation is 1. The molecule has 0 radical (unpaired) electrons.